The minimum absolute atomic E-state index is 0.129. The van der Waals surface area contributed by atoms with Gasteiger partial charge in [-0.05, 0) is 43.4 Å². The van der Waals surface area contributed by atoms with Crippen molar-refractivity contribution in [3.8, 4) is 0 Å². The van der Waals surface area contributed by atoms with Crippen LogP contribution in [0.15, 0.2) is 54.6 Å². The van der Waals surface area contributed by atoms with Gasteiger partial charge in [-0.15, -0.1) is 11.8 Å². The van der Waals surface area contributed by atoms with E-state index in [4.69, 9.17) is 0 Å². The van der Waals surface area contributed by atoms with Gasteiger partial charge in [-0.2, -0.15) is 0 Å². The Morgan fingerprint density at radius 1 is 1.09 bits per heavy atom. The molecule has 0 aliphatic rings. The number of nitrogens with one attached hydrogen (secondary N) is 1. The van der Waals surface area contributed by atoms with Gasteiger partial charge in [0.1, 0.15) is 0 Å². The average molecular weight is 327 g/mol. The van der Waals surface area contributed by atoms with Crippen LogP contribution in [0.4, 0.5) is 0 Å². The van der Waals surface area contributed by atoms with Crippen LogP contribution >= 0.6 is 11.8 Å². The Kier molecular flexibility index (Phi) is 7.21. The van der Waals surface area contributed by atoms with Crippen LogP contribution in [0.5, 0.6) is 0 Å². The molecular weight excluding hydrogens is 302 g/mol. The predicted molar refractivity (Wildman–Crippen MR) is 99.7 cm³/mol. The number of carbonyl (C=O) groups excluding carboxylic acids is 1. The van der Waals surface area contributed by atoms with Crippen molar-refractivity contribution < 1.29 is 4.79 Å². The third kappa shape index (κ3) is 6.49. The molecule has 0 radical (unpaired) electrons. The highest BCUT2D eigenvalue weighted by Crippen LogP contribution is 2.15. The van der Waals surface area contributed by atoms with Crippen molar-refractivity contribution in [3.05, 3.63) is 71.3 Å². The summed E-state index contributed by atoms with van der Waals surface area (Å²) in [6.45, 7) is 4.19. The summed E-state index contributed by atoms with van der Waals surface area (Å²) in [5.41, 5.74) is 3.92. The van der Waals surface area contributed by atoms with E-state index in [2.05, 4.69) is 61.6 Å². The lowest BCUT2D eigenvalue weighted by Gasteiger charge is -2.14. The molecule has 0 spiro atoms. The van der Waals surface area contributed by atoms with Crippen LogP contribution in [-0.4, -0.2) is 17.7 Å². The number of carbonyl (C=O) groups is 1. The van der Waals surface area contributed by atoms with Crippen molar-refractivity contribution in [2.24, 2.45) is 0 Å². The molecule has 2 rings (SSSR count). The van der Waals surface area contributed by atoms with Crippen LogP contribution in [0, 0.1) is 6.92 Å². The second-order valence-corrected chi connectivity index (χ2v) is 6.90. The summed E-state index contributed by atoms with van der Waals surface area (Å²) in [6, 6.07) is 19.0. The van der Waals surface area contributed by atoms with E-state index in [1.165, 1.54) is 16.7 Å². The molecule has 0 aromatic heterocycles. The Labute approximate surface area is 143 Å². The Balaban J connectivity index is 1.65. The van der Waals surface area contributed by atoms with E-state index in [-0.39, 0.29) is 11.9 Å². The topological polar surface area (TPSA) is 29.1 Å². The van der Waals surface area contributed by atoms with Gasteiger partial charge in [0.15, 0.2) is 0 Å². The van der Waals surface area contributed by atoms with Crippen LogP contribution in [0.3, 0.4) is 0 Å². The van der Waals surface area contributed by atoms with Crippen molar-refractivity contribution in [1.29, 1.82) is 0 Å². The Morgan fingerprint density at radius 2 is 1.78 bits per heavy atom. The predicted octanol–water partition coefficient (Wildman–Crippen LogP) is 4.37. The first-order chi connectivity index (χ1) is 11.1. The lowest BCUT2D eigenvalue weighted by molar-refractivity contribution is -0.119. The minimum atomic E-state index is 0.129. The molecule has 2 aromatic rings. The van der Waals surface area contributed by atoms with Crippen LogP contribution in [0.25, 0.3) is 0 Å². The molecule has 2 aromatic carbocycles. The molecule has 1 atom stereocenters. The molecule has 0 fully saturated rings. The Morgan fingerprint density at radius 3 is 2.52 bits per heavy atom. The number of hydrogen-bond donors (Lipinski definition) is 1. The zero-order chi connectivity index (χ0) is 16.5. The van der Waals surface area contributed by atoms with E-state index >= 15 is 0 Å². The van der Waals surface area contributed by atoms with E-state index in [1.807, 2.05) is 12.1 Å². The number of hydrogen-bond acceptors (Lipinski definition) is 2. The molecule has 2 nitrogen and oxygen atoms in total. The van der Waals surface area contributed by atoms with Crippen molar-refractivity contribution in [3.63, 3.8) is 0 Å². The fourth-order valence-corrected chi connectivity index (χ4v) is 3.36. The fourth-order valence-electron chi connectivity index (χ4n) is 2.44. The van der Waals surface area contributed by atoms with Gasteiger partial charge in [0, 0.05) is 11.8 Å². The van der Waals surface area contributed by atoms with Gasteiger partial charge in [-0.3, -0.25) is 4.79 Å². The highest BCUT2D eigenvalue weighted by Gasteiger charge is 2.08. The molecule has 1 amide bonds. The molecule has 3 heteroatoms. The van der Waals surface area contributed by atoms with E-state index in [9.17, 15) is 4.79 Å². The minimum Gasteiger partial charge on any atom is -0.353 e. The third-order valence-corrected chi connectivity index (χ3v) is 4.85. The first-order valence-corrected chi connectivity index (χ1v) is 9.26. The SMILES string of the molecule is Cc1ccccc1CSCC(=O)N[C@@H](C)CCc1ccccc1. The van der Waals surface area contributed by atoms with Gasteiger partial charge in [-0.1, -0.05) is 54.6 Å². The standard InChI is InChI=1S/C20H25NOS/c1-16-8-6-7-11-19(16)14-23-15-20(22)21-17(2)12-13-18-9-4-3-5-10-18/h3-11,17H,12-15H2,1-2H3,(H,21,22)/t17-/m0/s1. The van der Waals surface area contributed by atoms with Gasteiger partial charge in [0.05, 0.1) is 5.75 Å². The summed E-state index contributed by atoms with van der Waals surface area (Å²) in [6.07, 6.45) is 1.97. The Bertz CT molecular complexity index is 612. The van der Waals surface area contributed by atoms with E-state index in [0.717, 1.165) is 18.6 Å². The van der Waals surface area contributed by atoms with Crippen LogP contribution < -0.4 is 5.32 Å². The number of thioether (sulfide) groups is 1. The highest BCUT2D eigenvalue weighted by molar-refractivity contribution is 7.99. The normalized spacial score (nSPS) is 11.9. The second kappa shape index (κ2) is 9.41. The van der Waals surface area contributed by atoms with Gasteiger partial charge in [0.25, 0.3) is 0 Å². The third-order valence-electron chi connectivity index (χ3n) is 3.87. The summed E-state index contributed by atoms with van der Waals surface area (Å²) in [7, 11) is 0. The molecule has 0 heterocycles. The molecule has 122 valence electrons. The summed E-state index contributed by atoms with van der Waals surface area (Å²) in [4.78, 5) is 12.0. The van der Waals surface area contributed by atoms with Crippen LogP contribution in [-0.2, 0) is 17.0 Å². The number of amides is 1. The number of rotatable bonds is 8. The molecule has 0 saturated carbocycles. The van der Waals surface area contributed by atoms with E-state index in [0.29, 0.717) is 5.75 Å². The molecule has 0 aliphatic carbocycles. The smallest absolute Gasteiger partial charge is 0.230 e. The maximum atomic E-state index is 12.0. The molecule has 0 bridgehead atoms. The van der Waals surface area contributed by atoms with E-state index in [1.54, 1.807) is 11.8 Å². The molecule has 23 heavy (non-hydrogen) atoms. The lowest BCUT2D eigenvalue weighted by atomic mass is 10.1. The largest absolute Gasteiger partial charge is 0.353 e. The monoisotopic (exact) mass is 327 g/mol. The average Bonchev–Trinajstić information content (AvgIpc) is 2.56. The maximum absolute atomic E-state index is 12.0. The summed E-state index contributed by atoms with van der Waals surface area (Å²) in [5, 5.41) is 3.09. The lowest BCUT2D eigenvalue weighted by Crippen LogP contribution is -2.34. The molecule has 0 saturated heterocycles. The quantitative estimate of drug-likeness (QED) is 0.780. The zero-order valence-corrected chi connectivity index (χ0v) is 14.7. The van der Waals surface area contributed by atoms with Gasteiger partial charge in [0.2, 0.25) is 5.91 Å². The van der Waals surface area contributed by atoms with Crippen molar-refractivity contribution in [1.82, 2.24) is 5.32 Å². The van der Waals surface area contributed by atoms with Crippen LogP contribution in [0.1, 0.15) is 30.0 Å². The van der Waals surface area contributed by atoms with Gasteiger partial charge >= 0.3 is 0 Å². The van der Waals surface area contributed by atoms with Crippen molar-refractivity contribution >= 4 is 17.7 Å². The number of aryl methyl sites for hydroxylation is 2. The molecular formula is C20H25NOS. The van der Waals surface area contributed by atoms with Gasteiger partial charge in [-0.25, -0.2) is 0 Å². The summed E-state index contributed by atoms with van der Waals surface area (Å²) in [5.74, 6) is 1.53. The highest BCUT2D eigenvalue weighted by atomic mass is 32.2. The first kappa shape index (κ1) is 17.6. The fraction of sp³-hybridized carbons (Fsp3) is 0.350. The summed E-state index contributed by atoms with van der Waals surface area (Å²) < 4.78 is 0. The first-order valence-electron chi connectivity index (χ1n) is 8.10. The molecule has 0 unspecified atom stereocenters. The van der Waals surface area contributed by atoms with Crippen molar-refractivity contribution in [2.45, 2.75) is 38.5 Å². The van der Waals surface area contributed by atoms with Crippen LogP contribution in [0.2, 0.25) is 0 Å². The van der Waals surface area contributed by atoms with Gasteiger partial charge < -0.3 is 5.32 Å². The zero-order valence-electron chi connectivity index (χ0n) is 13.9. The Hall–Kier alpha value is -1.74. The maximum Gasteiger partial charge on any atom is 0.230 e. The summed E-state index contributed by atoms with van der Waals surface area (Å²) >= 11 is 1.67. The van der Waals surface area contributed by atoms with E-state index < -0.39 is 0 Å². The van der Waals surface area contributed by atoms with Crippen molar-refractivity contribution in [2.75, 3.05) is 5.75 Å². The molecule has 1 N–H and O–H groups in total. The molecule has 0 aliphatic heterocycles. The second-order valence-electron chi connectivity index (χ2n) is 5.91. The number of benzene rings is 2.